The van der Waals surface area contributed by atoms with Crippen molar-refractivity contribution in [1.29, 1.82) is 0 Å². The van der Waals surface area contributed by atoms with Gasteiger partial charge in [0.05, 0.1) is 4.92 Å². The van der Waals surface area contributed by atoms with Crippen LogP contribution in [0.25, 0.3) is 0 Å². The highest BCUT2D eigenvalue weighted by Gasteiger charge is 2.41. The van der Waals surface area contributed by atoms with Crippen LogP contribution in [0.5, 0.6) is 0 Å². The molecule has 3 rings (SSSR count). The maximum absolute atomic E-state index is 10.8. The average molecular weight is 247 g/mol. The number of nitro benzene ring substituents is 1. The van der Waals surface area contributed by atoms with Crippen molar-refractivity contribution >= 4 is 17.1 Å². The molecule has 0 aliphatic heterocycles. The molecule has 0 radical (unpaired) electrons. The molecule has 5 heteroatoms. The highest BCUT2D eigenvalue weighted by Crippen LogP contribution is 2.46. The lowest BCUT2D eigenvalue weighted by Crippen LogP contribution is -2.24. The fraction of sp³-hybridized carbons (Fsp3) is 0.538. The third kappa shape index (κ3) is 2.39. The zero-order valence-corrected chi connectivity index (χ0v) is 10.1. The van der Waals surface area contributed by atoms with Gasteiger partial charge in [0.15, 0.2) is 0 Å². The van der Waals surface area contributed by atoms with Crippen LogP contribution in [0.4, 0.5) is 17.1 Å². The van der Waals surface area contributed by atoms with E-state index in [0.717, 1.165) is 17.5 Å². The summed E-state index contributed by atoms with van der Waals surface area (Å²) in [6.45, 7) is 0. The first-order chi connectivity index (χ1) is 8.63. The second-order valence-electron chi connectivity index (χ2n) is 5.42. The van der Waals surface area contributed by atoms with E-state index in [0.29, 0.717) is 11.7 Å². The van der Waals surface area contributed by atoms with Gasteiger partial charge in [0.25, 0.3) is 5.69 Å². The van der Waals surface area contributed by atoms with Gasteiger partial charge < -0.3 is 11.1 Å². The average Bonchev–Trinajstić information content (AvgIpc) is 3.16. The predicted octanol–water partition coefficient (Wildman–Crippen LogP) is 2.78. The molecule has 96 valence electrons. The lowest BCUT2D eigenvalue weighted by atomic mass is 10.1. The minimum Gasteiger partial charge on any atom is -0.398 e. The molecule has 0 heterocycles. The topological polar surface area (TPSA) is 81.2 Å². The Morgan fingerprint density at radius 1 is 1.22 bits per heavy atom. The fourth-order valence-electron chi connectivity index (χ4n) is 2.55. The van der Waals surface area contributed by atoms with Gasteiger partial charge in [-0.1, -0.05) is 0 Å². The van der Waals surface area contributed by atoms with Crippen molar-refractivity contribution in [3.63, 3.8) is 0 Å². The summed E-state index contributed by atoms with van der Waals surface area (Å²) in [4.78, 5) is 10.4. The first-order valence-corrected chi connectivity index (χ1v) is 6.45. The summed E-state index contributed by atoms with van der Waals surface area (Å²) in [5, 5.41) is 14.3. The molecule has 1 aromatic carbocycles. The SMILES string of the molecule is Nc1cc(NC(C2CC2)C2CC2)cc([N+](=O)[O-])c1. The molecule has 2 aliphatic carbocycles. The van der Waals surface area contributed by atoms with Crippen LogP contribution in [0.3, 0.4) is 0 Å². The summed E-state index contributed by atoms with van der Waals surface area (Å²) in [5.41, 5.74) is 6.99. The molecule has 2 fully saturated rings. The van der Waals surface area contributed by atoms with Crippen molar-refractivity contribution in [1.82, 2.24) is 0 Å². The standard InChI is InChI=1S/C13H17N3O2/c14-10-5-11(7-12(6-10)16(17)18)15-13(8-1-2-8)9-3-4-9/h5-9,13,15H,1-4,14H2. The number of nitrogen functional groups attached to an aromatic ring is 1. The molecule has 2 saturated carbocycles. The number of nitrogens with one attached hydrogen (secondary N) is 1. The first kappa shape index (κ1) is 11.3. The van der Waals surface area contributed by atoms with Gasteiger partial charge in [0, 0.05) is 29.5 Å². The Labute approximate surface area is 106 Å². The smallest absolute Gasteiger partial charge is 0.273 e. The number of anilines is 2. The monoisotopic (exact) mass is 247 g/mol. The zero-order valence-electron chi connectivity index (χ0n) is 10.1. The predicted molar refractivity (Wildman–Crippen MR) is 70.4 cm³/mol. The molecule has 5 nitrogen and oxygen atoms in total. The normalized spacial score (nSPS) is 18.9. The molecule has 3 N–H and O–H groups in total. The summed E-state index contributed by atoms with van der Waals surface area (Å²) in [5.74, 6) is 1.50. The summed E-state index contributed by atoms with van der Waals surface area (Å²) >= 11 is 0. The van der Waals surface area contributed by atoms with Crippen LogP contribution >= 0.6 is 0 Å². The highest BCUT2D eigenvalue weighted by molar-refractivity contribution is 5.62. The van der Waals surface area contributed by atoms with E-state index >= 15 is 0 Å². The van der Waals surface area contributed by atoms with Crippen molar-refractivity contribution < 1.29 is 4.92 Å². The third-order valence-electron chi connectivity index (χ3n) is 3.74. The molecule has 0 atom stereocenters. The maximum Gasteiger partial charge on any atom is 0.273 e. The van der Waals surface area contributed by atoms with E-state index in [4.69, 9.17) is 5.73 Å². The van der Waals surface area contributed by atoms with Crippen LogP contribution < -0.4 is 11.1 Å². The zero-order chi connectivity index (χ0) is 12.7. The Bertz CT molecular complexity index is 469. The highest BCUT2D eigenvalue weighted by atomic mass is 16.6. The Balaban J connectivity index is 1.80. The van der Waals surface area contributed by atoms with Crippen LogP contribution in [0.2, 0.25) is 0 Å². The Hall–Kier alpha value is -1.78. The third-order valence-corrected chi connectivity index (χ3v) is 3.74. The Morgan fingerprint density at radius 3 is 2.33 bits per heavy atom. The molecular formula is C13H17N3O2. The number of nitrogens with two attached hydrogens (primary N) is 1. The van der Waals surface area contributed by atoms with Gasteiger partial charge in [0.2, 0.25) is 0 Å². The minimum atomic E-state index is -0.398. The molecule has 0 unspecified atom stereocenters. The number of nitrogens with zero attached hydrogens (tertiary/aromatic N) is 1. The number of rotatable bonds is 5. The lowest BCUT2D eigenvalue weighted by Gasteiger charge is -2.19. The van der Waals surface area contributed by atoms with E-state index in [-0.39, 0.29) is 5.69 Å². The van der Waals surface area contributed by atoms with Gasteiger partial charge >= 0.3 is 0 Å². The molecule has 0 bridgehead atoms. The number of non-ortho nitro benzene ring substituents is 1. The Kier molecular flexibility index (Phi) is 2.61. The van der Waals surface area contributed by atoms with Gasteiger partial charge in [0.1, 0.15) is 0 Å². The van der Waals surface area contributed by atoms with Crippen LogP contribution in [0.1, 0.15) is 25.7 Å². The van der Waals surface area contributed by atoms with E-state index in [9.17, 15) is 10.1 Å². The molecule has 1 aromatic rings. The number of benzene rings is 1. The van der Waals surface area contributed by atoms with Crippen molar-refractivity contribution in [2.45, 2.75) is 31.7 Å². The summed E-state index contributed by atoms with van der Waals surface area (Å²) in [6.07, 6.45) is 5.11. The fourth-order valence-corrected chi connectivity index (χ4v) is 2.55. The molecule has 0 spiro atoms. The van der Waals surface area contributed by atoms with Gasteiger partial charge in [-0.15, -0.1) is 0 Å². The largest absolute Gasteiger partial charge is 0.398 e. The molecular weight excluding hydrogens is 230 g/mol. The van der Waals surface area contributed by atoms with Crippen molar-refractivity contribution in [2.24, 2.45) is 11.8 Å². The number of nitro groups is 1. The number of hydrogen-bond donors (Lipinski definition) is 2. The molecule has 18 heavy (non-hydrogen) atoms. The minimum absolute atomic E-state index is 0.0582. The number of hydrogen-bond acceptors (Lipinski definition) is 4. The molecule has 0 saturated heterocycles. The van der Waals surface area contributed by atoms with Gasteiger partial charge in [-0.25, -0.2) is 0 Å². The summed E-state index contributed by atoms with van der Waals surface area (Å²) < 4.78 is 0. The first-order valence-electron chi connectivity index (χ1n) is 6.45. The molecule has 0 amide bonds. The van der Waals surface area contributed by atoms with Crippen LogP contribution in [0, 0.1) is 22.0 Å². The Morgan fingerprint density at radius 2 is 1.83 bits per heavy atom. The van der Waals surface area contributed by atoms with Crippen LogP contribution in [-0.2, 0) is 0 Å². The van der Waals surface area contributed by atoms with E-state index < -0.39 is 4.92 Å². The van der Waals surface area contributed by atoms with Crippen molar-refractivity contribution in [2.75, 3.05) is 11.1 Å². The van der Waals surface area contributed by atoms with Crippen LogP contribution in [0.15, 0.2) is 18.2 Å². The second kappa shape index (κ2) is 4.15. The lowest BCUT2D eigenvalue weighted by molar-refractivity contribution is -0.384. The van der Waals surface area contributed by atoms with E-state index in [1.807, 2.05) is 0 Å². The second-order valence-corrected chi connectivity index (χ2v) is 5.42. The molecule has 0 aromatic heterocycles. The van der Waals surface area contributed by atoms with Gasteiger partial charge in [-0.05, 0) is 43.6 Å². The van der Waals surface area contributed by atoms with E-state index in [1.165, 1.54) is 31.7 Å². The quantitative estimate of drug-likeness (QED) is 0.476. The van der Waals surface area contributed by atoms with Gasteiger partial charge in [-0.2, -0.15) is 0 Å². The summed E-state index contributed by atoms with van der Waals surface area (Å²) in [6, 6.07) is 5.24. The maximum atomic E-state index is 10.8. The molecule has 2 aliphatic rings. The van der Waals surface area contributed by atoms with Crippen LogP contribution in [-0.4, -0.2) is 11.0 Å². The van der Waals surface area contributed by atoms with Crippen molar-refractivity contribution in [3.8, 4) is 0 Å². The van der Waals surface area contributed by atoms with E-state index in [2.05, 4.69) is 5.32 Å². The summed E-state index contributed by atoms with van der Waals surface area (Å²) in [7, 11) is 0. The van der Waals surface area contributed by atoms with Gasteiger partial charge in [-0.3, -0.25) is 10.1 Å². The van der Waals surface area contributed by atoms with E-state index in [1.54, 1.807) is 12.1 Å². The van der Waals surface area contributed by atoms with Crippen molar-refractivity contribution in [3.05, 3.63) is 28.3 Å².